The lowest BCUT2D eigenvalue weighted by molar-refractivity contribution is -0.384. The highest BCUT2D eigenvalue weighted by atomic mass is 16.6. The third kappa shape index (κ3) is 2.31. The van der Waals surface area contributed by atoms with E-state index >= 15 is 0 Å². The van der Waals surface area contributed by atoms with E-state index in [0.717, 1.165) is 23.9 Å². The third-order valence-corrected chi connectivity index (χ3v) is 4.87. The van der Waals surface area contributed by atoms with Crippen LogP contribution in [0, 0.1) is 34.8 Å². The zero-order valence-electron chi connectivity index (χ0n) is 11.3. The average molecular weight is 260 g/mol. The van der Waals surface area contributed by atoms with Crippen molar-refractivity contribution >= 4 is 11.4 Å². The van der Waals surface area contributed by atoms with Crippen LogP contribution in [0.15, 0.2) is 18.2 Å². The van der Waals surface area contributed by atoms with E-state index in [1.165, 1.54) is 25.7 Å². The second kappa shape index (κ2) is 4.83. The van der Waals surface area contributed by atoms with Gasteiger partial charge in [0.1, 0.15) is 5.69 Å². The molecule has 0 radical (unpaired) electrons. The summed E-state index contributed by atoms with van der Waals surface area (Å²) in [7, 11) is 0. The Kier molecular flexibility index (Phi) is 3.17. The van der Waals surface area contributed by atoms with Crippen LogP contribution in [-0.4, -0.2) is 11.5 Å². The minimum Gasteiger partial charge on any atom is -0.379 e. The van der Waals surface area contributed by atoms with Gasteiger partial charge < -0.3 is 5.32 Å². The second-order valence-electron chi connectivity index (χ2n) is 6.04. The first-order valence-corrected chi connectivity index (χ1v) is 7.13. The molecule has 1 N–H and O–H groups in total. The first-order chi connectivity index (χ1) is 9.15. The zero-order valence-corrected chi connectivity index (χ0v) is 11.3. The predicted molar refractivity (Wildman–Crippen MR) is 75.3 cm³/mol. The lowest BCUT2D eigenvalue weighted by Gasteiger charge is -2.22. The van der Waals surface area contributed by atoms with Gasteiger partial charge in [0.15, 0.2) is 0 Å². The number of nitrogens with zero attached hydrogens (tertiary/aromatic N) is 1. The Morgan fingerprint density at radius 2 is 2.21 bits per heavy atom. The average Bonchev–Trinajstić information content (AvgIpc) is 2.99. The van der Waals surface area contributed by atoms with E-state index in [1.807, 2.05) is 13.0 Å². The first kappa shape index (κ1) is 12.5. The van der Waals surface area contributed by atoms with E-state index in [1.54, 1.807) is 12.1 Å². The summed E-state index contributed by atoms with van der Waals surface area (Å²) in [5.41, 5.74) is 1.86. The SMILES string of the molecule is Cc1cccc([N+](=O)[O-])c1NCC1CC2CCC1C2. The Morgan fingerprint density at radius 3 is 2.84 bits per heavy atom. The van der Waals surface area contributed by atoms with Crippen LogP contribution in [0.3, 0.4) is 0 Å². The maximum atomic E-state index is 11.1. The molecule has 0 spiro atoms. The van der Waals surface area contributed by atoms with Gasteiger partial charge in [-0.2, -0.15) is 0 Å². The van der Waals surface area contributed by atoms with E-state index in [-0.39, 0.29) is 10.6 Å². The Balaban J connectivity index is 1.71. The molecular weight excluding hydrogens is 240 g/mol. The van der Waals surface area contributed by atoms with Crippen LogP contribution in [-0.2, 0) is 0 Å². The van der Waals surface area contributed by atoms with Gasteiger partial charge in [0.2, 0.25) is 0 Å². The van der Waals surface area contributed by atoms with E-state index in [4.69, 9.17) is 0 Å². The zero-order chi connectivity index (χ0) is 13.4. The highest BCUT2D eigenvalue weighted by molar-refractivity contribution is 5.65. The fourth-order valence-corrected chi connectivity index (χ4v) is 3.89. The van der Waals surface area contributed by atoms with Crippen LogP contribution in [0.1, 0.15) is 31.2 Å². The molecule has 0 aliphatic heterocycles. The molecule has 4 nitrogen and oxygen atoms in total. The monoisotopic (exact) mass is 260 g/mol. The number of benzene rings is 1. The number of anilines is 1. The summed E-state index contributed by atoms with van der Waals surface area (Å²) in [6, 6.07) is 5.25. The van der Waals surface area contributed by atoms with Crippen molar-refractivity contribution in [1.82, 2.24) is 0 Å². The van der Waals surface area contributed by atoms with Crippen molar-refractivity contribution < 1.29 is 4.92 Å². The van der Waals surface area contributed by atoms with Gasteiger partial charge >= 0.3 is 0 Å². The third-order valence-electron chi connectivity index (χ3n) is 4.87. The fourth-order valence-electron chi connectivity index (χ4n) is 3.89. The van der Waals surface area contributed by atoms with Crippen LogP contribution in [0.25, 0.3) is 0 Å². The summed E-state index contributed by atoms with van der Waals surface area (Å²) in [5.74, 6) is 2.47. The van der Waals surface area contributed by atoms with E-state index < -0.39 is 0 Å². The molecule has 0 amide bonds. The summed E-state index contributed by atoms with van der Waals surface area (Å²) in [5, 5.41) is 14.4. The van der Waals surface area contributed by atoms with Crippen molar-refractivity contribution in [2.24, 2.45) is 17.8 Å². The number of hydrogen-bond acceptors (Lipinski definition) is 3. The number of nitrogens with one attached hydrogen (secondary N) is 1. The maximum absolute atomic E-state index is 11.1. The highest BCUT2D eigenvalue weighted by Gasteiger charge is 2.39. The molecular formula is C15H20N2O2. The Morgan fingerprint density at radius 1 is 1.37 bits per heavy atom. The number of nitro benzene ring substituents is 1. The van der Waals surface area contributed by atoms with E-state index in [0.29, 0.717) is 11.6 Å². The summed E-state index contributed by atoms with van der Waals surface area (Å²) in [4.78, 5) is 10.8. The lowest BCUT2D eigenvalue weighted by Crippen LogP contribution is -2.20. The second-order valence-corrected chi connectivity index (χ2v) is 6.04. The van der Waals surface area contributed by atoms with Gasteiger partial charge in [-0.3, -0.25) is 10.1 Å². The quantitative estimate of drug-likeness (QED) is 0.662. The van der Waals surface area contributed by atoms with Crippen molar-refractivity contribution in [3.05, 3.63) is 33.9 Å². The topological polar surface area (TPSA) is 55.2 Å². The number of hydrogen-bond donors (Lipinski definition) is 1. The van der Waals surface area contributed by atoms with Crippen LogP contribution in [0.4, 0.5) is 11.4 Å². The minimum atomic E-state index is -0.296. The predicted octanol–water partition coefficient (Wildman–Crippen LogP) is 3.75. The van der Waals surface area contributed by atoms with Gasteiger partial charge in [-0.25, -0.2) is 0 Å². The standard InChI is InChI=1S/C15H20N2O2/c1-10-3-2-4-14(17(18)19)15(10)16-9-13-8-11-5-6-12(13)7-11/h2-4,11-13,16H,5-9H2,1H3. The molecule has 102 valence electrons. The van der Waals surface area contributed by atoms with Crippen LogP contribution in [0.2, 0.25) is 0 Å². The van der Waals surface area contributed by atoms with Gasteiger partial charge in [0.05, 0.1) is 4.92 Å². The molecule has 3 unspecified atom stereocenters. The molecule has 4 heteroatoms. The van der Waals surface area contributed by atoms with E-state index in [9.17, 15) is 10.1 Å². The summed E-state index contributed by atoms with van der Waals surface area (Å²) >= 11 is 0. The molecule has 3 atom stereocenters. The Bertz CT molecular complexity index is 501. The van der Waals surface area contributed by atoms with Crippen molar-refractivity contribution in [2.75, 3.05) is 11.9 Å². The van der Waals surface area contributed by atoms with Gasteiger partial charge in [0.25, 0.3) is 5.69 Å². The molecule has 19 heavy (non-hydrogen) atoms. The van der Waals surface area contributed by atoms with Crippen molar-refractivity contribution in [3.8, 4) is 0 Å². The molecule has 2 fully saturated rings. The molecule has 0 aromatic heterocycles. The normalized spacial score (nSPS) is 28.6. The smallest absolute Gasteiger partial charge is 0.292 e. The molecule has 0 heterocycles. The van der Waals surface area contributed by atoms with Crippen LogP contribution >= 0.6 is 0 Å². The van der Waals surface area contributed by atoms with Crippen LogP contribution in [0.5, 0.6) is 0 Å². The highest BCUT2D eigenvalue weighted by Crippen LogP contribution is 2.48. The van der Waals surface area contributed by atoms with Crippen LogP contribution < -0.4 is 5.32 Å². The molecule has 2 saturated carbocycles. The van der Waals surface area contributed by atoms with Gasteiger partial charge in [-0.15, -0.1) is 0 Å². The number of nitro groups is 1. The van der Waals surface area contributed by atoms with E-state index in [2.05, 4.69) is 5.32 Å². The molecule has 1 aromatic carbocycles. The maximum Gasteiger partial charge on any atom is 0.292 e. The minimum absolute atomic E-state index is 0.197. The summed E-state index contributed by atoms with van der Waals surface area (Å²) in [6.07, 6.45) is 5.43. The Hall–Kier alpha value is -1.58. The van der Waals surface area contributed by atoms with Crippen molar-refractivity contribution in [1.29, 1.82) is 0 Å². The number of aryl methyl sites for hydroxylation is 1. The molecule has 0 saturated heterocycles. The number of fused-ring (bicyclic) bond motifs is 2. The molecule has 2 aliphatic rings. The fraction of sp³-hybridized carbons (Fsp3) is 0.600. The van der Waals surface area contributed by atoms with Crippen molar-refractivity contribution in [2.45, 2.75) is 32.6 Å². The van der Waals surface area contributed by atoms with Crippen molar-refractivity contribution in [3.63, 3.8) is 0 Å². The van der Waals surface area contributed by atoms with Gasteiger partial charge in [0, 0.05) is 12.6 Å². The van der Waals surface area contributed by atoms with Gasteiger partial charge in [-0.05, 0) is 49.5 Å². The lowest BCUT2D eigenvalue weighted by atomic mass is 9.89. The molecule has 1 aromatic rings. The number of para-hydroxylation sites is 1. The molecule has 3 rings (SSSR count). The Labute approximate surface area is 113 Å². The first-order valence-electron chi connectivity index (χ1n) is 7.13. The summed E-state index contributed by atoms with van der Waals surface area (Å²) in [6.45, 7) is 2.81. The molecule has 2 bridgehead atoms. The molecule has 2 aliphatic carbocycles. The summed E-state index contributed by atoms with van der Waals surface area (Å²) < 4.78 is 0. The number of rotatable bonds is 4. The van der Waals surface area contributed by atoms with Gasteiger partial charge in [-0.1, -0.05) is 18.6 Å². The largest absolute Gasteiger partial charge is 0.379 e.